The fourth-order valence-corrected chi connectivity index (χ4v) is 5.76. The maximum absolute atomic E-state index is 13.5. The lowest BCUT2D eigenvalue weighted by Crippen LogP contribution is -2.60. The summed E-state index contributed by atoms with van der Waals surface area (Å²) in [4.78, 5) is 16.1. The van der Waals surface area contributed by atoms with Crippen LogP contribution in [0.15, 0.2) is 0 Å². The molecule has 3 aliphatic heterocycles. The Morgan fingerprint density at radius 3 is 2.28 bits per heavy atom. The molecule has 4 heteroatoms. The lowest BCUT2D eigenvalue weighted by Gasteiger charge is -2.44. The molecule has 3 aliphatic rings. The largest absolute Gasteiger partial charge is 0.302 e. The molecule has 144 valence electrons. The molecule has 0 spiro atoms. The number of Topliss-reactive ketones (excluding diaryl/α,β-unsaturated/α-hetero) is 1. The van der Waals surface area contributed by atoms with Gasteiger partial charge in [0, 0.05) is 11.0 Å². The topological polar surface area (TPSA) is 44.4 Å². The van der Waals surface area contributed by atoms with Crippen LogP contribution in [0.5, 0.6) is 0 Å². The normalized spacial score (nSPS) is 39.6. The van der Waals surface area contributed by atoms with Crippen LogP contribution in [0.25, 0.3) is 0 Å². The van der Waals surface area contributed by atoms with Gasteiger partial charge in [0.05, 0.1) is 18.4 Å². The van der Waals surface area contributed by atoms with Gasteiger partial charge >= 0.3 is 0 Å². The van der Waals surface area contributed by atoms with Crippen LogP contribution >= 0.6 is 0 Å². The molecule has 6 unspecified atom stereocenters. The first-order valence-electron chi connectivity index (χ1n) is 10.3. The van der Waals surface area contributed by atoms with Crippen molar-refractivity contribution in [1.82, 2.24) is 15.5 Å². The van der Waals surface area contributed by atoms with Gasteiger partial charge in [0.1, 0.15) is 0 Å². The zero-order valence-electron chi connectivity index (χ0n) is 17.5. The summed E-state index contributed by atoms with van der Waals surface area (Å²) in [5.41, 5.74) is -0.331. The molecule has 0 radical (unpaired) electrons. The number of likely N-dealkylation sites (tertiary alicyclic amines) is 1. The number of fused-ring (bicyclic) bond motifs is 3. The summed E-state index contributed by atoms with van der Waals surface area (Å²) < 4.78 is 0. The molecule has 0 aromatic carbocycles. The van der Waals surface area contributed by atoms with E-state index in [4.69, 9.17) is 0 Å². The van der Waals surface area contributed by atoms with E-state index in [1.165, 1.54) is 12.8 Å². The van der Waals surface area contributed by atoms with E-state index in [9.17, 15) is 4.79 Å². The first-order chi connectivity index (χ1) is 11.4. The number of carbonyl (C=O) groups is 1. The van der Waals surface area contributed by atoms with Crippen LogP contribution < -0.4 is 10.6 Å². The number of piperidine rings is 1. The van der Waals surface area contributed by atoms with Crippen LogP contribution in [0.1, 0.15) is 68.2 Å². The van der Waals surface area contributed by atoms with Crippen molar-refractivity contribution in [2.24, 2.45) is 29.1 Å². The third-order valence-electron chi connectivity index (χ3n) is 6.68. The van der Waals surface area contributed by atoms with Crippen molar-refractivity contribution in [2.45, 2.75) is 92.1 Å². The van der Waals surface area contributed by atoms with E-state index in [0.29, 0.717) is 41.8 Å². The van der Waals surface area contributed by atoms with E-state index in [1.807, 2.05) is 0 Å². The maximum atomic E-state index is 13.5. The molecule has 3 heterocycles. The SMILES string of the molecule is CC(C)C1C2C3CCCNC3NC2N(C(C)(C)C)C1C(=O)C(C)(C)C. The number of hydrogen-bond donors (Lipinski definition) is 2. The van der Waals surface area contributed by atoms with Crippen LogP contribution in [0.2, 0.25) is 0 Å². The van der Waals surface area contributed by atoms with Gasteiger partial charge < -0.3 is 5.32 Å². The Kier molecular flexibility index (Phi) is 4.88. The zero-order valence-corrected chi connectivity index (χ0v) is 17.5. The second kappa shape index (κ2) is 6.31. The van der Waals surface area contributed by atoms with Crippen LogP contribution in [0.3, 0.4) is 0 Å². The highest BCUT2D eigenvalue weighted by atomic mass is 16.1. The molecule has 2 N–H and O–H groups in total. The quantitative estimate of drug-likeness (QED) is 0.803. The van der Waals surface area contributed by atoms with E-state index in [2.05, 4.69) is 70.9 Å². The second-order valence-corrected chi connectivity index (χ2v) is 10.9. The summed E-state index contributed by atoms with van der Waals surface area (Å²) in [7, 11) is 0. The van der Waals surface area contributed by atoms with Gasteiger partial charge in [-0.25, -0.2) is 0 Å². The zero-order chi connectivity index (χ0) is 18.7. The number of hydrogen-bond acceptors (Lipinski definition) is 4. The van der Waals surface area contributed by atoms with Crippen molar-refractivity contribution in [3.05, 3.63) is 0 Å². The van der Waals surface area contributed by atoms with Crippen molar-refractivity contribution in [1.29, 1.82) is 0 Å². The highest BCUT2D eigenvalue weighted by Crippen LogP contribution is 2.52. The molecular weight excluding hydrogens is 310 g/mol. The average Bonchev–Trinajstić information content (AvgIpc) is 2.97. The molecule has 0 bridgehead atoms. The first kappa shape index (κ1) is 19.3. The number of rotatable bonds is 2. The summed E-state index contributed by atoms with van der Waals surface area (Å²) >= 11 is 0. The number of nitrogens with one attached hydrogen (secondary N) is 2. The second-order valence-electron chi connectivity index (χ2n) is 10.9. The van der Waals surface area contributed by atoms with E-state index in [-0.39, 0.29) is 17.0 Å². The fraction of sp³-hybridized carbons (Fsp3) is 0.952. The van der Waals surface area contributed by atoms with Crippen molar-refractivity contribution in [3.8, 4) is 0 Å². The third-order valence-corrected chi connectivity index (χ3v) is 6.68. The Morgan fingerprint density at radius 2 is 1.76 bits per heavy atom. The van der Waals surface area contributed by atoms with Gasteiger partial charge in [0.15, 0.2) is 5.78 Å². The summed E-state index contributed by atoms with van der Waals surface area (Å²) in [6.07, 6.45) is 3.26. The first-order valence-corrected chi connectivity index (χ1v) is 10.3. The molecule has 3 rings (SSSR count). The molecule has 0 saturated carbocycles. The summed E-state index contributed by atoms with van der Waals surface area (Å²) in [5.74, 6) is 2.57. The van der Waals surface area contributed by atoms with Crippen molar-refractivity contribution in [3.63, 3.8) is 0 Å². The van der Waals surface area contributed by atoms with Crippen molar-refractivity contribution in [2.75, 3.05) is 6.54 Å². The molecule has 0 aromatic rings. The standard InChI is InChI=1S/C21H39N3O/c1-12(2)14-15-13-10-9-11-22-18(13)23-19(15)24(21(6,7)8)16(14)17(25)20(3,4)5/h12-16,18-19,22-23H,9-11H2,1-8H3. The van der Waals surface area contributed by atoms with Crippen LogP contribution in [0, 0.1) is 29.1 Å². The molecule has 0 aliphatic carbocycles. The highest BCUT2D eigenvalue weighted by Gasteiger charge is 2.62. The number of carbonyl (C=O) groups excluding carboxylic acids is 1. The van der Waals surface area contributed by atoms with Crippen LogP contribution in [-0.2, 0) is 4.79 Å². The van der Waals surface area contributed by atoms with E-state index in [0.717, 1.165) is 6.54 Å². The Hall–Kier alpha value is -0.450. The highest BCUT2D eigenvalue weighted by molar-refractivity contribution is 5.89. The molecule has 6 atom stereocenters. The molecule has 25 heavy (non-hydrogen) atoms. The van der Waals surface area contributed by atoms with Gasteiger partial charge in [0.2, 0.25) is 0 Å². The maximum Gasteiger partial charge on any atom is 0.155 e. The van der Waals surface area contributed by atoms with Crippen LogP contribution in [-0.4, -0.2) is 41.1 Å². The number of nitrogens with zero attached hydrogens (tertiary/aromatic N) is 1. The van der Waals surface area contributed by atoms with Gasteiger partial charge in [-0.2, -0.15) is 0 Å². The minimum Gasteiger partial charge on any atom is -0.302 e. The monoisotopic (exact) mass is 349 g/mol. The lowest BCUT2D eigenvalue weighted by molar-refractivity contribution is -0.136. The van der Waals surface area contributed by atoms with Gasteiger partial charge in [0.25, 0.3) is 0 Å². The van der Waals surface area contributed by atoms with E-state index < -0.39 is 0 Å². The average molecular weight is 350 g/mol. The third kappa shape index (κ3) is 3.19. The predicted octanol–water partition coefficient (Wildman–Crippen LogP) is 3.23. The van der Waals surface area contributed by atoms with E-state index in [1.54, 1.807) is 0 Å². The van der Waals surface area contributed by atoms with Gasteiger partial charge in [-0.05, 0) is 63.8 Å². The van der Waals surface area contributed by atoms with Crippen molar-refractivity contribution >= 4 is 5.78 Å². The molecule has 0 amide bonds. The molecule has 4 nitrogen and oxygen atoms in total. The minimum absolute atomic E-state index is 0.0189. The summed E-state index contributed by atoms with van der Waals surface area (Å²) in [6.45, 7) is 18.8. The van der Waals surface area contributed by atoms with Crippen molar-refractivity contribution < 1.29 is 4.79 Å². The minimum atomic E-state index is -0.301. The molecule has 3 saturated heterocycles. The fourth-order valence-electron chi connectivity index (χ4n) is 5.76. The van der Waals surface area contributed by atoms with Gasteiger partial charge in [-0.3, -0.25) is 15.0 Å². The number of ketones is 1. The van der Waals surface area contributed by atoms with Crippen LogP contribution in [0.4, 0.5) is 0 Å². The summed E-state index contributed by atoms with van der Waals surface area (Å²) in [6, 6.07) is 0.0189. The van der Waals surface area contributed by atoms with Gasteiger partial charge in [-0.1, -0.05) is 34.6 Å². The molecule has 3 fully saturated rings. The Balaban J connectivity index is 2.06. The Bertz CT molecular complexity index is 516. The Labute approximate surface area is 154 Å². The lowest BCUT2D eigenvalue weighted by atomic mass is 9.70. The predicted molar refractivity (Wildman–Crippen MR) is 103 cm³/mol. The smallest absolute Gasteiger partial charge is 0.155 e. The molecule has 0 aromatic heterocycles. The molecular formula is C21H39N3O. The van der Waals surface area contributed by atoms with Gasteiger partial charge in [-0.15, -0.1) is 0 Å². The summed E-state index contributed by atoms with van der Waals surface area (Å²) in [5, 5.41) is 7.59. The van der Waals surface area contributed by atoms with E-state index >= 15 is 0 Å². The Morgan fingerprint density at radius 1 is 1.12 bits per heavy atom.